The van der Waals surface area contributed by atoms with Crippen LogP contribution in [-0.4, -0.2) is 44.8 Å². The monoisotopic (exact) mass is 357 g/mol. The smallest absolute Gasteiger partial charge is 0.410 e. The summed E-state index contributed by atoms with van der Waals surface area (Å²) < 4.78 is 10.3. The van der Waals surface area contributed by atoms with Crippen LogP contribution >= 0.6 is 0 Å². The van der Waals surface area contributed by atoms with E-state index in [0.717, 1.165) is 12.8 Å². The second-order valence-electron chi connectivity index (χ2n) is 8.27. The lowest BCUT2D eigenvalue weighted by Crippen LogP contribution is -2.49. The third kappa shape index (κ3) is 3.06. The van der Waals surface area contributed by atoms with Crippen molar-refractivity contribution in [3.63, 3.8) is 0 Å². The predicted octanol–water partition coefficient (Wildman–Crippen LogP) is 3.58. The zero-order valence-electron chi connectivity index (χ0n) is 15.3. The van der Waals surface area contributed by atoms with E-state index in [-0.39, 0.29) is 29.9 Å². The van der Waals surface area contributed by atoms with Crippen LogP contribution in [0.25, 0.3) is 11.0 Å². The lowest BCUT2D eigenvalue weighted by molar-refractivity contribution is 0.00254. The first-order chi connectivity index (χ1) is 12.3. The van der Waals surface area contributed by atoms with Crippen molar-refractivity contribution in [2.24, 2.45) is 5.92 Å². The summed E-state index contributed by atoms with van der Waals surface area (Å²) in [5.41, 5.74) is 1.35. The highest BCUT2D eigenvalue weighted by Gasteiger charge is 2.46. The van der Waals surface area contributed by atoms with Gasteiger partial charge in [-0.25, -0.2) is 9.42 Å². The lowest BCUT2D eigenvalue weighted by atomic mass is 9.85. The summed E-state index contributed by atoms with van der Waals surface area (Å²) >= 11 is 0. The van der Waals surface area contributed by atoms with Crippen molar-refractivity contribution in [1.29, 1.82) is 0 Å². The summed E-state index contributed by atoms with van der Waals surface area (Å²) in [5, 5.41) is 7.58. The highest BCUT2D eigenvalue weighted by Crippen LogP contribution is 2.40. The Morgan fingerprint density at radius 1 is 1.12 bits per heavy atom. The molecule has 1 aromatic carbocycles. The van der Waals surface area contributed by atoms with Gasteiger partial charge in [-0.15, -0.1) is 0 Å². The van der Waals surface area contributed by atoms with Gasteiger partial charge in [-0.1, -0.05) is 0 Å². The Morgan fingerprint density at radius 2 is 1.77 bits per heavy atom. The summed E-state index contributed by atoms with van der Waals surface area (Å²) in [6, 6.07) is 5.42. The van der Waals surface area contributed by atoms with Crippen molar-refractivity contribution in [2.45, 2.75) is 64.1 Å². The first-order valence-electron chi connectivity index (χ1n) is 9.10. The van der Waals surface area contributed by atoms with Gasteiger partial charge in [0, 0.05) is 23.6 Å². The maximum Gasteiger partial charge on any atom is 0.410 e. The molecule has 138 valence electrons. The molecule has 7 heteroatoms. The minimum atomic E-state index is -0.510. The Kier molecular flexibility index (Phi) is 3.97. The van der Waals surface area contributed by atoms with E-state index in [2.05, 4.69) is 10.3 Å². The summed E-state index contributed by atoms with van der Waals surface area (Å²) in [4.78, 5) is 27.4. The van der Waals surface area contributed by atoms with Gasteiger partial charge in [0.15, 0.2) is 5.78 Å². The van der Waals surface area contributed by atoms with E-state index in [1.165, 1.54) is 0 Å². The van der Waals surface area contributed by atoms with E-state index >= 15 is 0 Å². The Hall–Kier alpha value is -2.44. The van der Waals surface area contributed by atoms with Crippen molar-refractivity contribution >= 4 is 22.9 Å². The molecule has 26 heavy (non-hydrogen) atoms. The van der Waals surface area contributed by atoms with Crippen LogP contribution in [0.4, 0.5) is 4.79 Å². The Morgan fingerprint density at radius 3 is 2.42 bits per heavy atom. The molecule has 2 unspecified atom stereocenters. The van der Waals surface area contributed by atoms with Gasteiger partial charge in [0.2, 0.25) is 0 Å². The number of hydrogen-bond acceptors (Lipinski definition) is 6. The molecule has 2 atom stereocenters. The number of rotatable bonds is 2. The minimum absolute atomic E-state index is 0.0787. The molecule has 1 aromatic heterocycles. The maximum absolute atomic E-state index is 13.0. The van der Waals surface area contributed by atoms with Crippen molar-refractivity contribution in [3.05, 3.63) is 23.8 Å². The number of ether oxygens (including phenoxy) is 1. The number of ketones is 1. The van der Waals surface area contributed by atoms with E-state index in [1.807, 2.05) is 25.7 Å². The molecule has 4 rings (SSSR count). The zero-order valence-corrected chi connectivity index (χ0v) is 15.3. The number of carbonyl (C=O) groups excluding carboxylic acids is 2. The van der Waals surface area contributed by atoms with E-state index in [1.54, 1.807) is 18.2 Å². The molecule has 1 amide bonds. The highest BCUT2D eigenvalue weighted by atomic mass is 16.6. The first kappa shape index (κ1) is 17.0. The van der Waals surface area contributed by atoms with Crippen LogP contribution in [0.5, 0.6) is 0 Å². The quantitative estimate of drug-likeness (QED) is 0.764. The van der Waals surface area contributed by atoms with Gasteiger partial charge < -0.3 is 9.64 Å². The number of Topliss-reactive ketones (excluding diaryl/α,β-unsaturated/α-hetero) is 1. The molecule has 0 aliphatic carbocycles. The first-order valence-corrected chi connectivity index (χ1v) is 9.10. The molecule has 0 spiro atoms. The van der Waals surface area contributed by atoms with Gasteiger partial charge in [0.1, 0.15) is 16.6 Å². The Labute approximate surface area is 151 Å². The number of nitrogens with zero attached hydrogens (tertiary/aromatic N) is 3. The number of aromatic nitrogens is 2. The van der Waals surface area contributed by atoms with Crippen LogP contribution in [0, 0.1) is 5.92 Å². The highest BCUT2D eigenvalue weighted by molar-refractivity contribution is 6.00. The standard InChI is InChI=1S/C19H23N3O4/c1-19(2,3)25-18(24)22-13-5-6-14(22)9-12(8-13)17(23)11-4-7-15-16(10-11)21-26-20-15/h4,7,10,12-14H,5-6,8-9H2,1-3H3. The molecule has 7 nitrogen and oxygen atoms in total. The topological polar surface area (TPSA) is 85.5 Å². The molecule has 2 aromatic rings. The van der Waals surface area contributed by atoms with Crippen molar-refractivity contribution in [1.82, 2.24) is 15.2 Å². The average Bonchev–Trinajstić information content (AvgIpc) is 3.14. The molecular formula is C19H23N3O4. The summed E-state index contributed by atoms with van der Waals surface area (Å²) in [7, 11) is 0. The molecule has 0 saturated carbocycles. The van der Waals surface area contributed by atoms with Gasteiger partial charge in [-0.05, 0) is 75.0 Å². The van der Waals surface area contributed by atoms with E-state index < -0.39 is 5.60 Å². The van der Waals surface area contributed by atoms with Crippen molar-refractivity contribution in [2.75, 3.05) is 0 Å². The molecule has 2 aliphatic heterocycles. The van der Waals surface area contributed by atoms with Crippen LogP contribution in [0.15, 0.2) is 22.8 Å². The predicted molar refractivity (Wildman–Crippen MR) is 93.7 cm³/mol. The molecular weight excluding hydrogens is 334 g/mol. The van der Waals surface area contributed by atoms with Crippen LogP contribution in [0.1, 0.15) is 56.8 Å². The molecule has 3 heterocycles. The van der Waals surface area contributed by atoms with E-state index in [9.17, 15) is 9.59 Å². The summed E-state index contributed by atoms with van der Waals surface area (Å²) in [5.74, 6) is 0.0270. The zero-order chi connectivity index (χ0) is 18.5. The number of fused-ring (bicyclic) bond motifs is 3. The summed E-state index contributed by atoms with van der Waals surface area (Å²) in [6.07, 6.45) is 2.97. The van der Waals surface area contributed by atoms with Gasteiger partial charge >= 0.3 is 6.09 Å². The summed E-state index contributed by atoms with van der Waals surface area (Å²) in [6.45, 7) is 5.62. The molecule has 0 N–H and O–H groups in total. The molecule has 2 fully saturated rings. The maximum atomic E-state index is 13.0. The van der Waals surface area contributed by atoms with Crippen LogP contribution < -0.4 is 0 Å². The van der Waals surface area contributed by atoms with Crippen molar-refractivity contribution in [3.8, 4) is 0 Å². The molecule has 2 saturated heterocycles. The number of carbonyl (C=O) groups is 2. The SMILES string of the molecule is CC(C)(C)OC(=O)N1C2CCC1CC(C(=O)c1ccc3nonc3c1)C2. The Bertz CT molecular complexity index is 840. The second-order valence-corrected chi connectivity index (χ2v) is 8.27. The van der Waals surface area contributed by atoms with Crippen LogP contribution in [0.3, 0.4) is 0 Å². The largest absolute Gasteiger partial charge is 0.444 e. The number of benzene rings is 1. The lowest BCUT2D eigenvalue weighted by Gasteiger charge is -2.39. The third-order valence-electron chi connectivity index (χ3n) is 5.25. The number of amides is 1. The average molecular weight is 357 g/mol. The third-order valence-corrected chi connectivity index (χ3v) is 5.25. The molecule has 0 radical (unpaired) electrons. The van der Waals surface area contributed by atoms with E-state index in [0.29, 0.717) is 29.4 Å². The van der Waals surface area contributed by atoms with Gasteiger partial charge in [-0.2, -0.15) is 0 Å². The second kappa shape index (κ2) is 6.07. The Balaban J connectivity index is 1.49. The fourth-order valence-electron chi connectivity index (χ4n) is 4.17. The van der Waals surface area contributed by atoms with E-state index in [4.69, 9.17) is 9.37 Å². The van der Waals surface area contributed by atoms with Crippen LogP contribution in [0.2, 0.25) is 0 Å². The van der Waals surface area contributed by atoms with Gasteiger partial charge in [0.25, 0.3) is 0 Å². The van der Waals surface area contributed by atoms with Crippen LogP contribution in [-0.2, 0) is 4.74 Å². The van der Waals surface area contributed by atoms with Gasteiger partial charge in [-0.3, -0.25) is 4.79 Å². The van der Waals surface area contributed by atoms with Crippen molar-refractivity contribution < 1.29 is 19.0 Å². The normalized spacial score (nSPS) is 25.5. The number of piperidine rings is 1. The van der Waals surface area contributed by atoms with Gasteiger partial charge in [0.05, 0.1) is 0 Å². The number of hydrogen-bond donors (Lipinski definition) is 0. The molecule has 2 bridgehead atoms. The fraction of sp³-hybridized carbons (Fsp3) is 0.579. The minimum Gasteiger partial charge on any atom is -0.444 e. The fourth-order valence-corrected chi connectivity index (χ4v) is 4.17. The molecule has 2 aliphatic rings.